The van der Waals surface area contributed by atoms with E-state index >= 15 is 0 Å². The molecule has 0 bridgehead atoms. The van der Waals surface area contributed by atoms with Gasteiger partial charge in [-0.15, -0.1) is 0 Å². The number of hydrogen-bond donors (Lipinski definition) is 2. The molecule has 0 unspecified atom stereocenters. The van der Waals surface area contributed by atoms with E-state index in [2.05, 4.69) is 6.58 Å². The van der Waals surface area contributed by atoms with Crippen LogP contribution in [0.3, 0.4) is 0 Å². The summed E-state index contributed by atoms with van der Waals surface area (Å²) in [5, 5.41) is 17.4. The summed E-state index contributed by atoms with van der Waals surface area (Å²) in [6.45, 7) is 6.60. The maximum Gasteiger partial charge on any atom is 0.108 e. The van der Waals surface area contributed by atoms with Crippen LogP contribution in [-0.4, -0.2) is 10.2 Å². The third-order valence-electron chi connectivity index (χ3n) is 0.831. The Hall–Kier alpha value is -1.18. The fourth-order valence-electron chi connectivity index (χ4n) is 0.634. The van der Waals surface area contributed by atoms with Gasteiger partial charge in [-0.3, -0.25) is 0 Å². The lowest BCUT2D eigenvalue weighted by Crippen LogP contribution is -1.76. The molecule has 0 amide bonds. The minimum absolute atomic E-state index is 0.00463. The Bertz CT molecular complexity index is 183. The molecular formula is C8H12O2. The molecule has 0 aromatic carbocycles. The Kier molecular flexibility index (Phi) is 3.33. The zero-order valence-corrected chi connectivity index (χ0v) is 6.26. The summed E-state index contributed by atoms with van der Waals surface area (Å²) in [5.41, 5.74) is 0.771. The van der Waals surface area contributed by atoms with Crippen molar-refractivity contribution in [2.75, 3.05) is 0 Å². The van der Waals surface area contributed by atoms with Gasteiger partial charge in [-0.25, -0.2) is 0 Å². The quantitative estimate of drug-likeness (QED) is 0.457. The molecule has 0 aromatic rings. The highest BCUT2D eigenvalue weighted by Crippen LogP contribution is 2.01. The summed E-state index contributed by atoms with van der Waals surface area (Å²) >= 11 is 0. The highest BCUT2D eigenvalue weighted by molar-refractivity contribution is 5.23. The molecule has 10 heavy (non-hydrogen) atoms. The van der Waals surface area contributed by atoms with Crippen LogP contribution in [0.2, 0.25) is 0 Å². The van der Waals surface area contributed by atoms with Crippen LogP contribution >= 0.6 is 0 Å². The van der Waals surface area contributed by atoms with Crippen LogP contribution in [0.25, 0.3) is 0 Å². The average Bonchev–Trinajstić information content (AvgIpc) is 1.58. The molecule has 0 spiro atoms. The molecule has 0 aliphatic heterocycles. The van der Waals surface area contributed by atoms with E-state index in [1.807, 2.05) is 0 Å². The number of hydrogen-bond acceptors (Lipinski definition) is 2. The van der Waals surface area contributed by atoms with Crippen molar-refractivity contribution < 1.29 is 10.2 Å². The molecule has 0 radical (unpaired) electrons. The van der Waals surface area contributed by atoms with E-state index in [-0.39, 0.29) is 11.5 Å². The van der Waals surface area contributed by atoms with Gasteiger partial charge < -0.3 is 10.2 Å². The van der Waals surface area contributed by atoms with Crippen LogP contribution in [0.4, 0.5) is 0 Å². The van der Waals surface area contributed by atoms with Gasteiger partial charge in [-0.05, 0) is 31.6 Å². The van der Waals surface area contributed by atoms with Gasteiger partial charge in [0, 0.05) is 0 Å². The van der Waals surface area contributed by atoms with Gasteiger partial charge in [0.15, 0.2) is 0 Å². The minimum atomic E-state index is -0.00463. The molecule has 0 aliphatic carbocycles. The van der Waals surface area contributed by atoms with Crippen molar-refractivity contribution in [1.82, 2.24) is 0 Å². The SMILES string of the molecule is C=C(O)/C=C(C)\C=C(/C)O. The highest BCUT2D eigenvalue weighted by atomic mass is 16.3. The topological polar surface area (TPSA) is 40.5 Å². The molecule has 0 aromatic heterocycles. The summed E-state index contributed by atoms with van der Waals surface area (Å²) < 4.78 is 0. The van der Waals surface area contributed by atoms with Crippen molar-refractivity contribution in [1.29, 1.82) is 0 Å². The summed E-state index contributed by atoms with van der Waals surface area (Å²) in [6, 6.07) is 0. The molecular weight excluding hydrogens is 128 g/mol. The molecule has 0 fully saturated rings. The predicted octanol–water partition coefficient (Wildman–Crippen LogP) is 2.47. The first kappa shape index (κ1) is 8.82. The number of aliphatic hydroxyl groups excluding tert-OH is 2. The second kappa shape index (κ2) is 3.77. The minimum Gasteiger partial charge on any atom is -0.513 e. The summed E-state index contributed by atoms with van der Waals surface area (Å²) in [4.78, 5) is 0. The first-order chi connectivity index (χ1) is 4.52. The van der Waals surface area contributed by atoms with Gasteiger partial charge in [-0.2, -0.15) is 0 Å². The monoisotopic (exact) mass is 140 g/mol. The van der Waals surface area contributed by atoms with E-state index in [0.717, 1.165) is 5.57 Å². The average molecular weight is 140 g/mol. The Morgan fingerprint density at radius 3 is 2.00 bits per heavy atom. The van der Waals surface area contributed by atoms with Crippen molar-refractivity contribution >= 4 is 0 Å². The molecule has 2 nitrogen and oxygen atoms in total. The fourth-order valence-corrected chi connectivity index (χ4v) is 0.634. The molecule has 0 heterocycles. The van der Waals surface area contributed by atoms with Crippen molar-refractivity contribution in [3.8, 4) is 0 Å². The molecule has 0 aliphatic rings. The van der Waals surface area contributed by atoms with Gasteiger partial charge in [0.1, 0.15) is 5.76 Å². The maximum absolute atomic E-state index is 8.74. The van der Waals surface area contributed by atoms with Crippen molar-refractivity contribution in [3.05, 3.63) is 35.8 Å². The van der Waals surface area contributed by atoms with Crippen LogP contribution in [0.1, 0.15) is 13.8 Å². The number of rotatable bonds is 2. The van der Waals surface area contributed by atoms with Crippen LogP contribution in [0.5, 0.6) is 0 Å². The summed E-state index contributed by atoms with van der Waals surface area (Å²) in [6.07, 6.45) is 3.02. The highest BCUT2D eigenvalue weighted by Gasteiger charge is 1.85. The Balaban J connectivity index is 4.22. The first-order valence-corrected chi connectivity index (χ1v) is 2.96. The van der Waals surface area contributed by atoms with E-state index in [4.69, 9.17) is 10.2 Å². The van der Waals surface area contributed by atoms with Gasteiger partial charge in [-0.1, -0.05) is 6.58 Å². The second-order valence-electron chi connectivity index (χ2n) is 2.17. The largest absolute Gasteiger partial charge is 0.513 e. The van der Waals surface area contributed by atoms with Crippen molar-refractivity contribution in [2.24, 2.45) is 0 Å². The lowest BCUT2D eigenvalue weighted by molar-refractivity contribution is 0.413. The van der Waals surface area contributed by atoms with Crippen molar-refractivity contribution in [2.45, 2.75) is 13.8 Å². The third kappa shape index (κ3) is 4.97. The van der Waals surface area contributed by atoms with Crippen LogP contribution in [-0.2, 0) is 0 Å². The molecule has 0 saturated carbocycles. The van der Waals surface area contributed by atoms with Gasteiger partial charge in [0.05, 0.1) is 5.76 Å². The fraction of sp³-hybridized carbons (Fsp3) is 0.250. The lowest BCUT2D eigenvalue weighted by atomic mass is 10.2. The zero-order valence-electron chi connectivity index (χ0n) is 6.26. The van der Waals surface area contributed by atoms with E-state index in [1.165, 1.54) is 6.08 Å². The molecule has 0 atom stereocenters. The standard InChI is InChI=1S/C8H12O2/c1-6(4-7(2)9)5-8(3)10/h4-5,9-10H,2H2,1,3H3/b6-4-,8-5+. The Morgan fingerprint density at radius 1 is 1.20 bits per heavy atom. The van der Waals surface area contributed by atoms with Crippen molar-refractivity contribution in [3.63, 3.8) is 0 Å². The summed E-state index contributed by atoms with van der Waals surface area (Å²) in [5.74, 6) is 0.213. The molecule has 0 saturated heterocycles. The number of aliphatic hydroxyl groups is 2. The van der Waals surface area contributed by atoms with Crippen LogP contribution < -0.4 is 0 Å². The first-order valence-electron chi connectivity index (χ1n) is 2.96. The molecule has 2 heteroatoms. The summed E-state index contributed by atoms with van der Waals surface area (Å²) in [7, 11) is 0. The van der Waals surface area contributed by atoms with E-state index in [9.17, 15) is 0 Å². The molecule has 0 rings (SSSR count). The normalized spacial score (nSPS) is 13.4. The second-order valence-corrected chi connectivity index (χ2v) is 2.17. The van der Waals surface area contributed by atoms with E-state index < -0.39 is 0 Å². The molecule has 2 N–H and O–H groups in total. The predicted molar refractivity (Wildman–Crippen MR) is 41.9 cm³/mol. The van der Waals surface area contributed by atoms with E-state index in [1.54, 1.807) is 19.9 Å². The smallest absolute Gasteiger partial charge is 0.108 e. The zero-order chi connectivity index (χ0) is 8.15. The van der Waals surface area contributed by atoms with Gasteiger partial charge >= 0.3 is 0 Å². The Morgan fingerprint density at radius 2 is 1.70 bits per heavy atom. The maximum atomic E-state index is 8.74. The van der Waals surface area contributed by atoms with Crippen LogP contribution in [0.15, 0.2) is 35.8 Å². The lowest BCUT2D eigenvalue weighted by Gasteiger charge is -1.91. The van der Waals surface area contributed by atoms with E-state index in [0.29, 0.717) is 0 Å². The third-order valence-corrected chi connectivity index (χ3v) is 0.831. The number of allylic oxidation sites excluding steroid dienone is 4. The van der Waals surface area contributed by atoms with Crippen LogP contribution in [0, 0.1) is 0 Å². The van der Waals surface area contributed by atoms with Gasteiger partial charge in [0.25, 0.3) is 0 Å². The molecule has 56 valence electrons. The van der Waals surface area contributed by atoms with Gasteiger partial charge in [0.2, 0.25) is 0 Å². The Labute approximate surface area is 60.8 Å².